The summed E-state index contributed by atoms with van der Waals surface area (Å²) in [6.45, 7) is 2.41. The first-order valence-corrected chi connectivity index (χ1v) is 9.54. The van der Waals surface area contributed by atoms with E-state index in [0.717, 1.165) is 24.3 Å². The van der Waals surface area contributed by atoms with E-state index in [0.29, 0.717) is 23.2 Å². The van der Waals surface area contributed by atoms with Crippen molar-refractivity contribution in [3.05, 3.63) is 18.0 Å². The van der Waals surface area contributed by atoms with Gasteiger partial charge in [0.2, 0.25) is 10.0 Å². The number of hydrogen-bond donors (Lipinski definition) is 1. The maximum atomic E-state index is 12.7. The Bertz CT molecular complexity index is 593. The normalized spacial score (nSPS) is 25.0. The Hall–Kier alpha value is -0.500. The van der Waals surface area contributed by atoms with Crippen molar-refractivity contribution in [2.24, 2.45) is 0 Å². The van der Waals surface area contributed by atoms with Gasteiger partial charge in [-0.2, -0.15) is 16.1 Å². The number of sulfonamides is 1. The molecule has 1 saturated carbocycles. The molecule has 3 rings (SSSR count). The van der Waals surface area contributed by atoms with Crippen LogP contribution in [0.25, 0.3) is 0 Å². The van der Waals surface area contributed by atoms with Crippen LogP contribution < -0.4 is 0 Å². The number of aromatic nitrogens is 1. The monoisotopic (exact) mass is 316 g/mol. The molecule has 1 unspecified atom stereocenters. The van der Waals surface area contributed by atoms with Crippen molar-refractivity contribution in [1.29, 1.82) is 0 Å². The van der Waals surface area contributed by atoms with Gasteiger partial charge in [-0.3, -0.25) is 0 Å². The largest absolute Gasteiger partial charge is 0.390 e. The van der Waals surface area contributed by atoms with Crippen molar-refractivity contribution in [2.45, 2.75) is 43.4 Å². The van der Waals surface area contributed by atoms with Crippen molar-refractivity contribution in [3.63, 3.8) is 0 Å². The highest BCUT2D eigenvalue weighted by atomic mass is 32.2. The van der Waals surface area contributed by atoms with Crippen LogP contribution in [0.5, 0.6) is 0 Å². The van der Waals surface area contributed by atoms with E-state index in [9.17, 15) is 13.5 Å². The van der Waals surface area contributed by atoms with Gasteiger partial charge in [-0.1, -0.05) is 0 Å². The molecule has 1 N–H and O–H groups in total. The van der Waals surface area contributed by atoms with Gasteiger partial charge in [0.05, 0.1) is 6.61 Å². The molecule has 1 atom stereocenters. The molecule has 0 aromatic carbocycles. The first-order valence-electron chi connectivity index (χ1n) is 6.95. The van der Waals surface area contributed by atoms with Crippen molar-refractivity contribution < 1.29 is 13.5 Å². The van der Waals surface area contributed by atoms with Crippen LogP contribution in [0, 0.1) is 0 Å². The zero-order chi connectivity index (χ0) is 14.3. The fourth-order valence-corrected chi connectivity index (χ4v) is 5.57. The molecule has 1 aromatic rings. The Morgan fingerprint density at radius 3 is 2.80 bits per heavy atom. The summed E-state index contributed by atoms with van der Waals surface area (Å²) < 4.78 is 29.0. The summed E-state index contributed by atoms with van der Waals surface area (Å²) in [6, 6.07) is 2.03. The van der Waals surface area contributed by atoms with Crippen molar-refractivity contribution >= 4 is 21.8 Å². The van der Waals surface area contributed by atoms with Crippen LogP contribution in [0.4, 0.5) is 0 Å². The Kier molecular flexibility index (Phi) is 3.87. The van der Waals surface area contributed by atoms with E-state index in [4.69, 9.17) is 0 Å². The van der Waals surface area contributed by atoms with Gasteiger partial charge in [-0.05, 0) is 25.8 Å². The topological polar surface area (TPSA) is 62.5 Å². The molecule has 2 aliphatic rings. The van der Waals surface area contributed by atoms with E-state index in [2.05, 4.69) is 0 Å². The molecule has 20 heavy (non-hydrogen) atoms. The summed E-state index contributed by atoms with van der Waals surface area (Å²) >= 11 is 1.79. The van der Waals surface area contributed by atoms with E-state index in [1.807, 2.05) is 11.5 Å². The number of nitrogens with zero attached hydrogens (tertiary/aromatic N) is 2. The Morgan fingerprint density at radius 1 is 1.45 bits per heavy atom. The molecular formula is C13H20N2O3S2. The quantitative estimate of drug-likeness (QED) is 0.913. The van der Waals surface area contributed by atoms with Gasteiger partial charge in [0.1, 0.15) is 4.90 Å². The standard InChI is InChI=1S/C13H20N2O3S2/c1-10-9-19-5-4-15(10)20(17,18)13-6-12(8-16)14(7-13)11-2-3-11/h6-7,10-11,16H,2-5,8-9H2,1H3. The van der Waals surface area contributed by atoms with Crippen LogP contribution in [-0.4, -0.2) is 46.5 Å². The Balaban J connectivity index is 1.94. The highest BCUT2D eigenvalue weighted by Crippen LogP contribution is 2.38. The van der Waals surface area contributed by atoms with Gasteiger partial charge in [-0.15, -0.1) is 0 Å². The third-order valence-electron chi connectivity index (χ3n) is 3.92. The highest BCUT2D eigenvalue weighted by molar-refractivity contribution is 7.99. The predicted molar refractivity (Wildman–Crippen MR) is 79.3 cm³/mol. The minimum atomic E-state index is -3.44. The zero-order valence-electron chi connectivity index (χ0n) is 11.5. The molecule has 112 valence electrons. The molecule has 0 bridgehead atoms. The number of rotatable bonds is 4. The average Bonchev–Trinajstić information content (AvgIpc) is 3.17. The van der Waals surface area contributed by atoms with E-state index in [1.165, 1.54) is 0 Å². The molecule has 7 heteroatoms. The lowest BCUT2D eigenvalue weighted by Crippen LogP contribution is -2.44. The molecule has 5 nitrogen and oxygen atoms in total. The summed E-state index contributed by atoms with van der Waals surface area (Å²) in [5, 5.41) is 9.40. The smallest absolute Gasteiger partial charge is 0.244 e. The van der Waals surface area contributed by atoms with Crippen molar-refractivity contribution in [1.82, 2.24) is 8.87 Å². The lowest BCUT2D eigenvalue weighted by Gasteiger charge is -2.31. The molecular weight excluding hydrogens is 296 g/mol. The number of aliphatic hydroxyl groups excluding tert-OH is 1. The van der Waals surface area contributed by atoms with Crippen molar-refractivity contribution in [3.8, 4) is 0 Å². The molecule has 1 saturated heterocycles. The molecule has 0 spiro atoms. The fraction of sp³-hybridized carbons (Fsp3) is 0.692. The van der Waals surface area contributed by atoms with Gasteiger partial charge >= 0.3 is 0 Å². The second kappa shape index (κ2) is 5.36. The first-order chi connectivity index (χ1) is 9.54. The Morgan fingerprint density at radius 2 is 2.20 bits per heavy atom. The molecule has 0 radical (unpaired) electrons. The van der Waals surface area contributed by atoms with E-state index in [1.54, 1.807) is 28.3 Å². The fourth-order valence-electron chi connectivity index (χ4n) is 2.66. The predicted octanol–water partition coefficient (Wildman–Crippen LogP) is 1.44. The molecule has 1 aliphatic heterocycles. The van der Waals surface area contributed by atoms with E-state index >= 15 is 0 Å². The molecule has 0 amide bonds. The third-order valence-corrected chi connectivity index (χ3v) is 7.09. The molecule has 1 aliphatic carbocycles. The van der Waals surface area contributed by atoms with Gasteiger partial charge in [0.25, 0.3) is 0 Å². The summed E-state index contributed by atoms with van der Waals surface area (Å²) in [5.41, 5.74) is 0.699. The van der Waals surface area contributed by atoms with Gasteiger partial charge < -0.3 is 9.67 Å². The highest BCUT2D eigenvalue weighted by Gasteiger charge is 2.34. The van der Waals surface area contributed by atoms with Gasteiger partial charge in [0, 0.05) is 42.0 Å². The lowest BCUT2D eigenvalue weighted by molar-refractivity contribution is 0.270. The number of aliphatic hydroxyl groups is 1. The first kappa shape index (κ1) is 14.4. The second-order valence-corrected chi connectivity index (χ2v) is 8.54. The summed E-state index contributed by atoms with van der Waals surface area (Å²) in [5.74, 6) is 1.69. The third kappa shape index (κ3) is 2.52. The van der Waals surface area contributed by atoms with Crippen LogP contribution >= 0.6 is 11.8 Å². The van der Waals surface area contributed by atoms with Gasteiger partial charge in [-0.25, -0.2) is 8.42 Å². The SMILES string of the molecule is CC1CSCCN1S(=O)(=O)c1cc(CO)n(C2CC2)c1. The van der Waals surface area contributed by atoms with E-state index in [-0.39, 0.29) is 12.6 Å². The summed E-state index contributed by atoms with van der Waals surface area (Å²) in [7, 11) is -3.44. The zero-order valence-corrected chi connectivity index (χ0v) is 13.2. The molecule has 2 fully saturated rings. The minimum Gasteiger partial charge on any atom is -0.390 e. The molecule has 1 aromatic heterocycles. The van der Waals surface area contributed by atoms with E-state index < -0.39 is 10.0 Å². The molecule has 2 heterocycles. The summed E-state index contributed by atoms with van der Waals surface area (Å²) in [6.07, 6.45) is 3.84. The van der Waals surface area contributed by atoms with Crippen LogP contribution in [0.3, 0.4) is 0 Å². The van der Waals surface area contributed by atoms with Crippen LogP contribution in [0.15, 0.2) is 17.2 Å². The van der Waals surface area contributed by atoms with Crippen LogP contribution in [-0.2, 0) is 16.6 Å². The van der Waals surface area contributed by atoms with Gasteiger partial charge in [0.15, 0.2) is 0 Å². The average molecular weight is 316 g/mol. The second-order valence-electron chi connectivity index (χ2n) is 5.50. The summed E-state index contributed by atoms with van der Waals surface area (Å²) in [4.78, 5) is 0.326. The van der Waals surface area contributed by atoms with Crippen LogP contribution in [0.2, 0.25) is 0 Å². The number of thioether (sulfide) groups is 1. The maximum Gasteiger partial charge on any atom is 0.244 e. The lowest BCUT2D eigenvalue weighted by atomic mass is 10.4. The van der Waals surface area contributed by atoms with Crippen molar-refractivity contribution in [2.75, 3.05) is 18.1 Å². The maximum absolute atomic E-state index is 12.7. The number of hydrogen-bond acceptors (Lipinski definition) is 4. The minimum absolute atomic E-state index is 0.0283. The van der Waals surface area contributed by atoms with Crippen LogP contribution in [0.1, 0.15) is 31.5 Å². The Labute approximate surface area is 124 Å².